The second-order valence-corrected chi connectivity index (χ2v) is 10.4. The van der Waals surface area contributed by atoms with Crippen LogP contribution in [0, 0.1) is 0 Å². The molecule has 0 saturated heterocycles. The van der Waals surface area contributed by atoms with Crippen LogP contribution in [-0.4, -0.2) is 39.4 Å². The van der Waals surface area contributed by atoms with Gasteiger partial charge < -0.3 is 9.64 Å². The molecule has 0 atom stereocenters. The molecule has 0 radical (unpaired) electrons. The molecule has 2 heterocycles. The molecule has 0 saturated carbocycles. The van der Waals surface area contributed by atoms with Gasteiger partial charge in [0.2, 0.25) is 0 Å². The van der Waals surface area contributed by atoms with Crippen LogP contribution in [0.3, 0.4) is 0 Å². The smallest absolute Gasteiger partial charge is 0.273 e. The Bertz CT molecular complexity index is 1010. The van der Waals surface area contributed by atoms with Gasteiger partial charge in [-0.3, -0.25) is 9.10 Å². The summed E-state index contributed by atoms with van der Waals surface area (Å²) in [7, 11) is -2.06. The van der Waals surface area contributed by atoms with E-state index in [2.05, 4.69) is 0 Å². The van der Waals surface area contributed by atoms with Crippen molar-refractivity contribution in [2.75, 3.05) is 24.5 Å². The van der Waals surface area contributed by atoms with Crippen molar-refractivity contribution in [3.05, 3.63) is 64.2 Å². The van der Waals surface area contributed by atoms with Gasteiger partial charge in [0.25, 0.3) is 15.9 Å². The van der Waals surface area contributed by atoms with E-state index >= 15 is 0 Å². The number of carbonyl (C=O) groups is 1. The molecule has 0 N–H and O–H groups in total. The van der Waals surface area contributed by atoms with Crippen molar-refractivity contribution >= 4 is 44.3 Å². The molecule has 1 amide bonds. The van der Waals surface area contributed by atoms with E-state index in [1.165, 1.54) is 22.7 Å². The van der Waals surface area contributed by atoms with E-state index in [0.29, 0.717) is 24.5 Å². The molecular formula is C20H22N2O4S3. The Kier molecular flexibility index (Phi) is 6.94. The van der Waals surface area contributed by atoms with Crippen LogP contribution in [0.1, 0.15) is 11.8 Å². The summed E-state index contributed by atoms with van der Waals surface area (Å²) in [6.45, 7) is 3.04. The fraction of sp³-hybridized carbons (Fsp3) is 0.250. The lowest BCUT2D eigenvalue weighted by Crippen LogP contribution is -2.34. The summed E-state index contributed by atoms with van der Waals surface area (Å²) >= 11 is 2.79. The highest BCUT2D eigenvalue weighted by Crippen LogP contribution is 2.26. The Morgan fingerprint density at radius 2 is 1.72 bits per heavy atom. The van der Waals surface area contributed by atoms with E-state index in [-0.39, 0.29) is 16.7 Å². The van der Waals surface area contributed by atoms with E-state index in [4.69, 9.17) is 4.74 Å². The molecule has 0 aliphatic carbocycles. The minimum absolute atomic E-state index is 0.0676. The molecule has 6 nitrogen and oxygen atoms in total. The van der Waals surface area contributed by atoms with Gasteiger partial charge >= 0.3 is 0 Å². The zero-order chi connectivity index (χ0) is 20.9. The number of thiophene rings is 2. The number of hydrogen-bond donors (Lipinski definition) is 0. The van der Waals surface area contributed by atoms with Crippen molar-refractivity contribution in [2.24, 2.45) is 0 Å². The standard InChI is InChI=1S/C20H22N2O4S3/c1-3-22(14-18-6-4-12-27-18)19(23)15-26-17-10-8-16(9-11-17)21(2)29(24,25)20-7-5-13-28-20/h4-13H,3,14-15H2,1-2H3. The first kappa shape index (κ1) is 21.4. The molecule has 0 aliphatic rings. The molecular weight excluding hydrogens is 428 g/mol. The van der Waals surface area contributed by atoms with Crippen LogP contribution >= 0.6 is 22.7 Å². The third-order valence-electron chi connectivity index (χ3n) is 4.33. The Hall–Kier alpha value is -2.36. The van der Waals surface area contributed by atoms with Gasteiger partial charge in [-0.15, -0.1) is 22.7 Å². The number of rotatable bonds is 9. The molecule has 29 heavy (non-hydrogen) atoms. The van der Waals surface area contributed by atoms with Crippen LogP contribution in [0.2, 0.25) is 0 Å². The lowest BCUT2D eigenvalue weighted by Gasteiger charge is -2.21. The number of benzene rings is 1. The van der Waals surface area contributed by atoms with Crippen molar-refractivity contribution < 1.29 is 17.9 Å². The topological polar surface area (TPSA) is 66.9 Å². The van der Waals surface area contributed by atoms with Gasteiger partial charge in [-0.2, -0.15) is 0 Å². The second kappa shape index (κ2) is 9.43. The predicted molar refractivity (Wildman–Crippen MR) is 117 cm³/mol. The summed E-state index contributed by atoms with van der Waals surface area (Å²) < 4.78 is 32.3. The van der Waals surface area contributed by atoms with Crippen molar-refractivity contribution in [3.63, 3.8) is 0 Å². The highest BCUT2D eigenvalue weighted by Gasteiger charge is 2.22. The average molecular weight is 451 g/mol. The van der Waals surface area contributed by atoms with Crippen molar-refractivity contribution in [3.8, 4) is 5.75 Å². The van der Waals surface area contributed by atoms with Crippen molar-refractivity contribution in [2.45, 2.75) is 17.7 Å². The lowest BCUT2D eigenvalue weighted by atomic mass is 10.3. The predicted octanol–water partition coefficient (Wildman–Crippen LogP) is 4.06. The molecule has 3 rings (SSSR count). The molecule has 1 aromatic carbocycles. The summed E-state index contributed by atoms with van der Waals surface area (Å²) in [5.41, 5.74) is 0.518. The number of hydrogen-bond acceptors (Lipinski definition) is 6. The minimum atomic E-state index is -3.58. The van der Waals surface area contributed by atoms with Gasteiger partial charge in [0, 0.05) is 18.5 Å². The fourth-order valence-electron chi connectivity index (χ4n) is 2.64. The molecule has 9 heteroatoms. The number of carbonyl (C=O) groups excluding carboxylic acids is 1. The number of likely N-dealkylation sites (N-methyl/N-ethyl adjacent to an activating group) is 1. The molecule has 0 aliphatic heterocycles. The summed E-state index contributed by atoms with van der Waals surface area (Å²) in [5, 5.41) is 3.72. The molecule has 3 aromatic rings. The van der Waals surface area contributed by atoms with E-state index in [1.807, 2.05) is 24.4 Å². The van der Waals surface area contributed by atoms with E-state index < -0.39 is 10.0 Å². The monoisotopic (exact) mass is 450 g/mol. The number of nitrogens with zero attached hydrogens (tertiary/aromatic N) is 2. The van der Waals surface area contributed by atoms with Crippen molar-refractivity contribution in [1.29, 1.82) is 0 Å². The molecule has 0 bridgehead atoms. The first-order valence-corrected chi connectivity index (χ1v) is 12.2. The Balaban J connectivity index is 1.59. The Morgan fingerprint density at radius 1 is 1.03 bits per heavy atom. The first-order valence-electron chi connectivity index (χ1n) is 8.97. The zero-order valence-electron chi connectivity index (χ0n) is 16.1. The van der Waals surface area contributed by atoms with Gasteiger partial charge in [-0.1, -0.05) is 12.1 Å². The van der Waals surface area contributed by atoms with Crippen LogP contribution in [0.25, 0.3) is 0 Å². The first-order chi connectivity index (χ1) is 13.9. The quantitative estimate of drug-likeness (QED) is 0.493. The molecule has 0 spiro atoms. The van der Waals surface area contributed by atoms with Crippen molar-refractivity contribution in [1.82, 2.24) is 4.90 Å². The third-order valence-corrected chi connectivity index (χ3v) is 8.35. The highest BCUT2D eigenvalue weighted by molar-refractivity contribution is 7.94. The molecule has 0 fully saturated rings. The largest absolute Gasteiger partial charge is 0.484 e. The van der Waals surface area contributed by atoms with Gasteiger partial charge in [0.05, 0.1) is 12.2 Å². The summed E-state index contributed by atoms with van der Waals surface area (Å²) in [6.07, 6.45) is 0. The molecule has 2 aromatic heterocycles. The Labute approximate surface area is 179 Å². The maximum absolute atomic E-state index is 12.6. The maximum atomic E-state index is 12.6. The van der Waals surface area contributed by atoms with Gasteiger partial charge in [-0.05, 0) is 54.1 Å². The van der Waals surface area contributed by atoms with E-state index in [1.54, 1.807) is 58.0 Å². The number of amides is 1. The van der Waals surface area contributed by atoms with Gasteiger partial charge in [0.15, 0.2) is 6.61 Å². The molecule has 0 unspecified atom stereocenters. The third kappa shape index (κ3) is 5.17. The lowest BCUT2D eigenvalue weighted by molar-refractivity contribution is -0.133. The van der Waals surface area contributed by atoms with Gasteiger partial charge in [0.1, 0.15) is 9.96 Å². The summed E-state index contributed by atoms with van der Waals surface area (Å²) in [6, 6.07) is 13.9. The minimum Gasteiger partial charge on any atom is -0.484 e. The summed E-state index contributed by atoms with van der Waals surface area (Å²) in [5.74, 6) is 0.415. The maximum Gasteiger partial charge on any atom is 0.273 e. The van der Waals surface area contributed by atoms with Gasteiger partial charge in [-0.25, -0.2) is 8.42 Å². The second-order valence-electron chi connectivity index (χ2n) is 6.17. The van der Waals surface area contributed by atoms with E-state index in [9.17, 15) is 13.2 Å². The number of ether oxygens (including phenoxy) is 1. The number of sulfonamides is 1. The zero-order valence-corrected chi connectivity index (χ0v) is 18.6. The Morgan fingerprint density at radius 3 is 2.31 bits per heavy atom. The van der Waals surface area contributed by atoms with Crippen LogP contribution in [0.15, 0.2) is 63.5 Å². The van der Waals surface area contributed by atoms with Crippen LogP contribution in [0.5, 0.6) is 5.75 Å². The number of anilines is 1. The SMILES string of the molecule is CCN(Cc1cccs1)C(=O)COc1ccc(N(C)S(=O)(=O)c2cccs2)cc1. The van der Waals surface area contributed by atoms with E-state index in [0.717, 1.165) is 4.88 Å². The highest BCUT2D eigenvalue weighted by atomic mass is 32.2. The van der Waals surface area contributed by atoms with Crippen LogP contribution in [-0.2, 0) is 21.4 Å². The summed E-state index contributed by atoms with van der Waals surface area (Å²) in [4.78, 5) is 15.3. The van der Waals surface area contributed by atoms with Crippen LogP contribution < -0.4 is 9.04 Å². The van der Waals surface area contributed by atoms with Crippen LogP contribution in [0.4, 0.5) is 5.69 Å². The normalized spacial score (nSPS) is 11.2. The average Bonchev–Trinajstić information content (AvgIpc) is 3.44. The molecule has 154 valence electrons. The fourth-order valence-corrected chi connectivity index (χ4v) is 5.72.